The van der Waals surface area contributed by atoms with Crippen molar-refractivity contribution in [2.45, 2.75) is 69.4 Å². The molecule has 8 heteroatoms. The Hall–Kier alpha value is -3.65. The maximum Gasteiger partial charge on any atom is 0.274 e. The van der Waals surface area contributed by atoms with Crippen molar-refractivity contribution in [2.75, 3.05) is 5.32 Å². The molecule has 4 aliphatic rings. The third-order valence-corrected chi connectivity index (χ3v) is 8.94. The Balaban J connectivity index is 1.42. The van der Waals surface area contributed by atoms with Crippen LogP contribution in [0.4, 0.5) is 14.5 Å². The van der Waals surface area contributed by atoms with Gasteiger partial charge in [0, 0.05) is 29.3 Å². The Morgan fingerprint density at radius 2 is 1.97 bits per heavy atom. The van der Waals surface area contributed by atoms with Crippen LogP contribution < -0.4 is 15.8 Å². The number of anilines is 1. The average Bonchev–Trinajstić information content (AvgIpc) is 3.70. The Morgan fingerprint density at radius 1 is 1.15 bits per heavy atom. The number of aromatic nitrogens is 2. The number of carbonyl (C=O) groups excluding carboxylic acids is 1. The van der Waals surface area contributed by atoms with Crippen LogP contribution >= 0.6 is 0 Å². The zero-order valence-electron chi connectivity index (χ0n) is 21.9. The van der Waals surface area contributed by atoms with Crippen molar-refractivity contribution in [2.24, 2.45) is 11.1 Å². The van der Waals surface area contributed by atoms with E-state index in [9.17, 15) is 4.79 Å². The molecule has 0 saturated heterocycles. The molecule has 2 saturated carbocycles. The van der Waals surface area contributed by atoms with Crippen LogP contribution in [0.5, 0.6) is 5.75 Å². The highest BCUT2D eigenvalue weighted by molar-refractivity contribution is 6.03. The van der Waals surface area contributed by atoms with Crippen LogP contribution in [0.1, 0.15) is 73.5 Å². The van der Waals surface area contributed by atoms with Gasteiger partial charge in [-0.1, -0.05) is 11.6 Å². The van der Waals surface area contributed by atoms with Crippen LogP contribution in [0, 0.1) is 17.0 Å². The summed E-state index contributed by atoms with van der Waals surface area (Å²) >= 11 is 0. The fraction of sp³-hybridized carbons (Fsp3) is 0.387. The number of halogens is 2. The van der Waals surface area contributed by atoms with Gasteiger partial charge < -0.3 is 15.8 Å². The van der Waals surface area contributed by atoms with E-state index in [0.29, 0.717) is 17.0 Å². The summed E-state index contributed by atoms with van der Waals surface area (Å²) in [6.45, 7) is 3.77. The molecule has 2 atom stereocenters. The smallest absolute Gasteiger partial charge is 0.274 e. The second kappa shape index (κ2) is 8.42. The molecule has 2 unspecified atom stereocenters. The molecule has 2 aromatic heterocycles. The van der Waals surface area contributed by atoms with E-state index in [1.54, 1.807) is 12.4 Å². The molecule has 4 bridgehead atoms. The summed E-state index contributed by atoms with van der Waals surface area (Å²) in [6, 6.07) is 7.47. The van der Waals surface area contributed by atoms with E-state index >= 15 is 8.78 Å². The molecule has 3 aliphatic carbocycles. The van der Waals surface area contributed by atoms with E-state index in [1.807, 2.05) is 26.0 Å². The molecule has 1 aliphatic heterocycles. The van der Waals surface area contributed by atoms with E-state index in [-0.39, 0.29) is 45.8 Å². The van der Waals surface area contributed by atoms with Gasteiger partial charge in [0.05, 0.1) is 18.0 Å². The summed E-state index contributed by atoms with van der Waals surface area (Å²) in [5, 5.41) is 2.92. The van der Waals surface area contributed by atoms with Crippen LogP contribution in [-0.2, 0) is 5.41 Å². The standard InChI is InChI=1S/C31H30F2N4O2/c1-16(2)39-20-10-22-27(24(33)11-20)28-23(32)3-4-25(36-28)29(38)37-26-13-35-6-5-21(26)18-7-17(8-19(34)9-18)12-30-14-31(22,30)15-30/h3-6,8,10-11,13,16,18-19H,7,9,12,14-15,34H2,1-2H3,(H,37,38). The van der Waals surface area contributed by atoms with Crippen molar-refractivity contribution >= 4 is 11.6 Å². The van der Waals surface area contributed by atoms with Crippen LogP contribution in [0.3, 0.4) is 0 Å². The lowest BCUT2D eigenvalue weighted by atomic mass is 9.79. The van der Waals surface area contributed by atoms with Crippen molar-refractivity contribution < 1.29 is 18.3 Å². The normalized spacial score (nSPS) is 28.5. The number of allylic oxidation sites excluding steroid dienone is 1. The van der Waals surface area contributed by atoms with Gasteiger partial charge in [-0.05, 0) is 92.7 Å². The molecule has 200 valence electrons. The molecule has 1 amide bonds. The third-order valence-electron chi connectivity index (χ3n) is 8.94. The van der Waals surface area contributed by atoms with Gasteiger partial charge in [-0.25, -0.2) is 13.8 Å². The topological polar surface area (TPSA) is 90.1 Å². The lowest BCUT2D eigenvalue weighted by Crippen LogP contribution is -2.26. The van der Waals surface area contributed by atoms with E-state index in [0.717, 1.165) is 37.7 Å². The van der Waals surface area contributed by atoms with Gasteiger partial charge >= 0.3 is 0 Å². The number of pyridine rings is 2. The SMILES string of the molecule is CC(C)Oc1cc(F)c2c(c1)C13CC1(CC1=CC(N)CC(C1)c1ccncc1NC(=O)c1ccc(F)c-2n1)C3. The second-order valence-electron chi connectivity index (χ2n) is 12.0. The first kappa shape index (κ1) is 24.4. The highest BCUT2D eigenvalue weighted by Gasteiger charge is 2.83. The van der Waals surface area contributed by atoms with Gasteiger partial charge in [0.25, 0.3) is 5.91 Å². The largest absolute Gasteiger partial charge is 0.491 e. The molecule has 0 spiro atoms. The van der Waals surface area contributed by atoms with Crippen molar-refractivity contribution in [1.29, 1.82) is 0 Å². The highest BCUT2D eigenvalue weighted by Crippen LogP contribution is 2.88. The Kier molecular flexibility index (Phi) is 5.27. The van der Waals surface area contributed by atoms with Gasteiger partial charge in [-0.15, -0.1) is 0 Å². The summed E-state index contributed by atoms with van der Waals surface area (Å²) in [4.78, 5) is 22.0. The fourth-order valence-electron chi connectivity index (χ4n) is 7.09. The molecule has 39 heavy (non-hydrogen) atoms. The number of ether oxygens (including phenoxy) is 1. The second-order valence-corrected chi connectivity index (χ2v) is 12.0. The summed E-state index contributed by atoms with van der Waals surface area (Å²) in [6.07, 6.45) is 9.59. The zero-order valence-corrected chi connectivity index (χ0v) is 21.9. The number of hydrogen-bond donors (Lipinski definition) is 2. The number of hydrogen-bond acceptors (Lipinski definition) is 5. The summed E-state index contributed by atoms with van der Waals surface area (Å²) in [7, 11) is 0. The minimum atomic E-state index is -0.677. The average molecular weight is 529 g/mol. The molecule has 3 aromatic rings. The minimum Gasteiger partial charge on any atom is -0.491 e. The molecular weight excluding hydrogens is 498 g/mol. The lowest BCUT2D eigenvalue weighted by Gasteiger charge is -2.29. The number of nitrogens with two attached hydrogens (primary N) is 1. The zero-order chi connectivity index (χ0) is 27.1. The summed E-state index contributed by atoms with van der Waals surface area (Å²) in [5.41, 5.74) is 9.72. The van der Waals surface area contributed by atoms with E-state index in [2.05, 4.69) is 21.4 Å². The van der Waals surface area contributed by atoms with E-state index < -0.39 is 17.5 Å². The van der Waals surface area contributed by atoms with Gasteiger partial charge in [-0.2, -0.15) is 0 Å². The van der Waals surface area contributed by atoms with Gasteiger partial charge in [0.15, 0.2) is 0 Å². The lowest BCUT2D eigenvalue weighted by molar-refractivity contribution is 0.102. The monoisotopic (exact) mass is 528 g/mol. The summed E-state index contributed by atoms with van der Waals surface area (Å²) in [5.74, 6) is -1.25. The number of benzene rings is 1. The third kappa shape index (κ3) is 3.87. The number of amides is 1. The van der Waals surface area contributed by atoms with E-state index in [1.165, 1.54) is 23.8 Å². The van der Waals surface area contributed by atoms with Crippen LogP contribution in [0.2, 0.25) is 0 Å². The number of carbonyl (C=O) groups is 1. The van der Waals surface area contributed by atoms with Gasteiger partial charge in [0.1, 0.15) is 28.8 Å². The number of nitrogens with zero attached hydrogens (tertiary/aromatic N) is 2. The van der Waals surface area contributed by atoms with Gasteiger partial charge in [-0.3, -0.25) is 9.78 Å². The maximum atomic E-state index is 15.9. The van der Waals surface area contributed by atoms with Crippen LogP contribution in [0.25, 0.3) is 11.3 Å². The maximum absolute atomic E-state index is 15.9. The minimum absolute atomic E-state index is 0.000203. The molecule has 7 rings (SSSR count). The number of rotatable bonds is 2. The number of fused-ring (bicyclic) bond motifs is 8. The molecule has 3 heterocycles. The quantitative estimate of drug-likeness (QED) is 0.397. The Bertz CT molecular complexity index is 1560. The number of nitrogens with one attached hydrogen (secondary N) is 1. The van der Waals surface area contributed by atoms with Crippen molar-refractivity contribution in [3.8, 4) is 17.0 Å². The predicted molar refractivity (Wildman–Crippen MR) is 144 cm³/mol. The highest BCUT2D eigenvalue weighted by atomic mass is 19.1. The molecule has 0 radical (unpaired) electrons. The fourth-order valence-corrected chi connectivity index (χ4v) is 7.09. The summed E-state index contributed by atoms with van der Waals surface area (Å²) < 4.78 is 37.1. The first-order chi connectivity index (χ1) is 18.7. The Morgan fingerprint density at radius 3 is 2.77 bits per heavy atom. The molecule has 1 aromatic carbocycles. The first-order valence-electron chi connectivity index (χ1n) is 13.6. The van der Waals surface area contributed by atoms with Gasteiger partial charge in [0.2, 0.25) is 0 Å². The molecular formula is C31H30F2N4O2. The molecule has 2 fully saturated rings. The van der Waals surface area contributed by atoms with Crippen LogP contribution in [0.15, 0.2) is 54.4 Å². The predicted octanol–water partition coefficient (Wildman–Crippen LogP) is 6.03. The molecule has 6 nitrogen and oxygen atoms in total. The van der Waals surface area contributed by atoms with Crippen molar-refractivity contribution in [3.05, 3.63) is 82.8 Å². The Labute approximate surface area is 225 Å². The molecule has 3 N–H and O–H groups in total. The van der Waals surface area contributed by atoms with Crippen LogP contribution in [-0.4, -0.2) is 28.0 Å². The van der Waals surface area contributed by atoms with Crippen molar-refractivity contribution in [1.82, 2.24) is 9.97 Å². The van der Waals surface area contributed by atoms with Crippen molar-refractivity contribution in [3.63, 3.8) is 0 Å². The van der Waals surface area contributed by atoms with E-state index in [4.69, 9.17) is 10.5 Å². The first-order valence-corrected chi connectivity index (χ1v) is 13.6.